The van der Waals surface area contributed by atoms with E-state index in [1.54, 1.807) is 0 Å². The van der Waals surface area contributed by atoms with Crippen LogP contribution in [0.15, 0.2) is 0 Å². The summed E-state index contributed by atoms with van der Waals surface area (Å²) in [7, 11) is 0. The van der Waals surface area contributed by atoms with Gasteiger partial charge in [-0.25, -0.2) is 0 Å². The Bertz CT molecular complexity index is 446. The molecule has 1 aromatic rings. The highest BCUT2D eigenvalue weighted by Crippen LogP contribution is 2.40. The Morgan fingerprint density at radius 3 is 1.78 bits per heavy atom. The molecular weight excluding hydrogens is 262 g/mol. The normalized spacial score (nSPS) is 10.6. The van der Waals surface area contributed by atoms with Crippen molar-refractivity contribution in [3.8, 4) is 0 Å². The van der Waals surface area contributed by atoms with Gasteiger partial charge in [-0.15, -0.1) is 0 Å². The van der Waals surface area contributed by atoms with Crippen molar-refractivity contribution in [2.45, 2.75) is 12.8 Å². The molecule has 0 atom stereocenters. The molecule has 1 rings (SSSR count). The summed E-state index contributed by atoms with van der Waals surface area (Å²) in [6, 6.07) is 0. The van der Waals surface area contributed by atoms with Crippen LogP contribution in [-0.4, -0.2) is 28.4 Å². The van der Waals surface area contributed by atoms with Gasteiger partial charge in [-0.1, -0.05) is 11.6 Å². The van der Waals surface area contributed by atoms with Gasteiger partial charge in [-0.3, -0.25) is 10.1 Å². The number of hydrogen-bond donors (Lipinski definition) is 4. The fourth-order valence-electron chi connectivity index (χ4n) is 1.80. The van der Waals surface area contributed by atoms with Crippen LogP contribution in [0, 0.1) is 10.1 Å². The topological polar surface area (TPSA) is 136 Å². The molecule has 0 saturated carbocycles. The third-order valence-corrected chi connectivity index (χ3v) is 3.01. The average Bonchev–Trinajstić information content (AvgIpc) is 2.32. The smallest absolute Gasteiger partial charge is 0.280 e. The van der Waals surface area contributed by atoms with E-state index < -0.39 is 4.92 Å². The minimum atomic E-state index is -0.626. The minimum Gasteiger partial charge on any atom is -0.397 e. The number of nitrogens with two attached hydrogens (primary N) is 2. The van der Waals surface area contributed by atoms with E-state index in [0.29, 0.717) is 0 Å². The lowest BCUT2D eigenvalue weighted by Crippen LogP contribution is -2.11. The highest BCUT2D eigenvalue weighted by atomic mass is 35.5. The van der Waals surface area contributed by atoms with Gasteiger partial charge in [0.05, 0.1) is 32.4 Å². The number of nitrogen functional groups attached to an aromatic ring is 2. The molecule has 0 aliphatic rings. The van der Waals surface area contributed by atoms with Crippen LogP contribution in [-0.2, 0) is 12.8 Å². The Balaban J connectivity index is 3.62. The molecule has 100 valence electrons. The lowest BCUT2D eigenvalue weighted by Gasteiger charge is -2.14. The largest absolute Gasteiger partial charge is 0.397 e. The SMILES string of the molecule is Nc1c(Cl)c(N)c(CCO)c([N+](=O)[O-])c1CCO. The number of nitro groups is 1. The van der Waals surface area contributed by atoms with E-state index in [0.717, 1.165) is 0 Å². The van der Waals surface area contributed by atoms with Crippen LogP contribution in [0.1, 0.15) is 11.1 Å². The van der Waals surface area contributed by atoms with Gasteiger partial charge >= 0.3 is 0 Å². The van der Waals surface area contributed by atoms with E-state index in [1.165, 1.54) is 0 Å². The molecule has 0 aliphatic heterocycles. The molecule has 0 aromatic heterocycles. The molecule has 7 nitrogen and oxygen atoms in total. The second-order valence-electron chi connectivity index (χ2n) is 3.65. The molecule has 6 N–H and O–H groups in total. The highest BCUT2D eigenvalue weighted by Gasteiger charge is 2.27. The van der Waals surface area contributed by atoms with E-state index in [9.17, 15) is 10.1 Å². The van der Waals surface area contributed by atoms with Gasteiger partial charge in [-0.05, 0) is 0 Å². The monoisotopic (exact) mass is 275 g/mol. The fraction of sp³-hybridized carbons (Fsp3) is 0.400. The molecule has 0 amide bonds. The Kier molecular flexibility index (Phi) is 4.71. The second-order valence-corrected chi connectivity index (χ2v) is 4.03. The summed E-state index contributed by atoms with van der Waals surface area (Å²) in [6.45, 7) is -0.603. The Morgan fingerprint density at radius 2 is 1.50 bits per heavy atom. The van der Waals surface area contributed by atoms with Gasteiger partial charge < -0.3 is 21.7 Å². The standard InChI is InChI=1S/C10H14ClN3O4/c11-7-8(12)5(1-3-15)10(14(17)18)6(2-4-16)9(7)13/h15-16H,1-4,12-13H2. The Labute approximate surface area is 108 Å². The number of hydrogen-bond acceptors (Lipinski definition) is 6. The summed E-state index contributed by atoms with van der Waals surface area (Å²) in [6.07, 6.45) is 0.00114. The van der Waals surface area contributed by atoms with Crippen molar-refractivity contribution < 1.29 is 15.1 Å². The first-order valence-electron chi connectivity index (χ1n) is 5.19. The van der Waals surface area contributed by atoms with Crippen molar-refractivity contribution in [1.29, 1.82) is 0 Å². The molecule has 8 heteroatoms. The maximum Gasteiger partial charge on any atom is 0.280 e. The highest BCUT2D eigenvalue weighted by molar-refractivity contribution is 6.36. The number of aliphatic hydroxyl groups excluding tert-OH is 2. The van der Waals surface area contributed by atoms with Gasteiger partial charge in [0.25, 0.3) is 5.69 Å². The van der Waals surface area contributed by atoms with Crippen LogP contribution in [0.3, 0.4) is 0 Å². The van der Waals surface area contributed by atoms with Gasteiger partial charge in [0.15, 0.2) is 0 Å². The van der Waals surface area contributed by atoms with Gasteiger partial charge in [-0.2, -0.15) is 0 Å². The summed E-state index contributed by atoms with van der Waals surface area (Å²) in [4.78, 5) is 10.5. The van der Waals surface area contributed by atoms with Gasteiger partial charge in [0, 0.05) is 26.1 Å². The molecule has 0 unspecified atom stereocenters. The maximum atomic E-state index is 11.1. The Morgan fingerprint density at radius 1 is 1.11 bits per heavy atom. The van der Waals surface area contributed by atoms with Crippen molar-refractivity contribution >= 4 is 28.7 Å². The predicted molar refractivity (Wildman–Crippen MR) is 68.5 cm³/mol. The molecule has 0 saturated heterocycles. The number of nitrogens with zero attached hydrogens (tertiary/aromatic N) is 1. The zero-order valence-corrected chi connectivity index (χ0v) is 10.3. The first-order chi connectivity index (χ1) is 8.45. The van der Waals surface area contributed by atoms with Crippen LogP contribution in [0.2, 0.25) is 5.02 Å². The van der Waals surface area contributed by atoms with Crippen LogP contribution in [0.25, 0.3) is 0 Å². The van der Waals surface area contributed by atoms with Crippen molar-refractivity contribution in [2.24, 2.45) is 0 Å². The predicted octanol–water partition coefficient (Wildman–Crippen LogP) is 0.482. The summed E-state index contributed by atoms with van der Waals surface area (Å²) < 4.78 is 0. The lowest BCUT2D eigenvalue weighted by molar-refractivity contribution is -0.386. The quantitative estimate of drug-likeness (QED) is 0.351. The van der Waals surface area contributed by atoms with E-state index in [4.69, 9.17) is 33.3 Å². The third-order valence-electron chi connectivity index (χ3n) is 2.60. The summed E-state index contributed by atoms with van der Waals surface area (Å²) in [5.41, 5.74) is 11.4. The molecular formula is C10H14ClN3O4. The number of anilines is 2. The lowest BCUT2D eigenvalue weighted by atomic mass is 9.98. The summed E-state index contributed by atoms with van der Waals surface area (Å²) in [5, 5.41) is 29.0. The molecule has 18 heavy (non-hydrogen) atoms. The van der Waals surface area contributed by atoms with E-state index >= 15 is 0 Å². The third kappa shape index (κ3) is 2.47. The van der Waals surface area contributed by atoms with Gasteiger partial charge in [0.2, 0.25) is 0 Å². The summed E-state index contributed by atoms with van der Waals surface area (Å²) in [5.74, 6) is 0. The number of aliphatic hydroxyl groups is 2. The number of halogens is 1. The molecule has 1 aromatic carbocycles. The zero-order chi connectivity index (χ0) is 13.9. The maximum absolute atomic E-state index is 11.1. The van der Waals surface area contributed by atoms with E-state index in [1.807, 2.05) is 0 Å². The molecule has 0 spiro atoms. The van der Waals surface area contributed by atoms with Crippen LogP contribution in [0.4, 0.5) is 17.1 Å². The van der Waals surface area contributed by atoms with Crippen molar-refractivity contribution in [3.63, 3.8) is 0 Å². The van der Waals surface area contributed by atoms with Crippen LogP contribution >= 0.6 is 11.6 Å². The van der Waals surface area contributed by atoms with Crippen LogP contribution < -0.4 is 11.5 Å². The van der Waals surface area contributed by atoms with Crippen molar-refractivity contribution in [3.05, 3.63) is 26.3 Å². The Hall–Kier alpha value is -1.57. The minimum absolute atomic E-state index is 0.000571. The fourth-order valence-corrected chi connectivity index (χ4v) is 2.03. The zero-order valence-electron chi connectivity index (χ0n) is 9.52. The molecule has 0 heterocycles. The van der Waals surface area contributed by atoms with Crippen molar-refractivity contribution in [2.75, 3.05) is 24.7 Å². The first-order valence-corrected chi connectivity index (χ1v) is 5.57. The number of rotatable bonds is 5. The second kappa shape index (κ2) is 5.85. The molecule has 0 aliphatic carbocycles. The number of benzene rings is 1. The van der Waals surface area contributed by atoms with E-state index in [-0.39, 0.29) is 59.3 Å². The van der Waals surface area contributed by atoms with Crippen LogP contribution in [0.5, 0.6) is 0 Å². The average molecular weight is 276 g/mol. The summed E-state index contributed by atoms with van der Waals surface area (Å²) >= 11 is 5.90. The first kappa shape index (κ1) is 14.5. The van der Waals surface area contributed by atoms with E-state index in [2.05, 4.69) is 0 Å². The number of nitro benzene ring substituents is 1. The molecule has 0 bridgehead atoms. The molecule has 0 fully saturated rings. The van der Waals surface area contributed by atoms with Crippen molar-refractivity contribution in [1.82, 2.24) is 0 Å². The molecule has 0 radical (unpaired) electrons. The van der Waals surface area contributed by atoms with Gasteiger partial charge in [0.1, 0.15) is 0 Å².